The monoisotopic (exact) mass is 362 g/mol. The van der Waals surface area contributed by atoms with Crippen molar-refractivity contribution in [2.75, 3.05) is 13.2 Å². The van der Waals surface area contributed by atoms with Gasteiger partial charge in [0.15, 0.2) is 0 Å². The maximum atomic E-state index is 13.1. The van der Waals surface area contributed by atoms with Crippen LogP contribution in [-0.2, 0) is 21.7 Å². The lowest BCUT2D eigenvalue weighted by atomic mass is 9.92. The topological polar surface area (TPSA) is 92.0 Å². The number of aliphatic hydroxyl groups excluding tert-OH is 1. The smallest absolute Gasteiger partial charge is 0.325 e. The van der Waals surface area contributed by atoms with E-state index in [1.54, 1.807) is 19.1 Å². The lowest BCUT2D eigenvalue weighted by molar-refractivity contribution is -0.132. The van der Waals surface area contributed by atoms with Crippen molar-refractivity contribution in [2.45, 2.75) is 25.2 Å². The molecule has 0 unspecified atom stereocenters. The van der Waals surface area contributed by atoms with Crippen molar-refractivity contribution in [3.05, 3.63) is 59.8 Å². The van der Waals surface area contributed by atoms with Crippen LogP contribution in [0.4, 0.5) is 9.18 Å². The molecular weight excluding hydrogens is 343 g/mol. The zero-order valence-corrected chi connectivity index (χ0v) is 14.1. The number of furan rings is 1. The first-order valence-corrected chi connectivity index (χ1v) is 8.08. The van der Waals surface area contributed by atoms with Crippen LogP contribution < -0.4 is 5.32 Å². The molecule has 1 aliphatic rings. The molecule has 3 amide bonds. The van der Waals surface area contributed by atoms with E-state index in [1.807, 2.05) is 0 Å². The van der Waals surface area contributed by atoms with Gasteiger partial charge < -0.3 is 19.6 Å². The molecule has 0 spiro atoms. The summed E-state index contributed by atoms with van der Waals surface area (Å²) in [5, 5.41) is 12.7. The number of ether oxygens (including phenoxy) is 1. The number of nitrogens with one attached hydrogen (secondary N) is 1. The normalized spacial score (nSPS) is 21.1. The Kier molecular flexibility index (Phi) is 5.06. The number of halogens is 1. The Morgan fingerprint density at radius 2 is 2.04 bits per heavy atom. The number of urea groups is 1. The van der Waals surface area contributed by atoms with Gasteiger partial charge in [0.05, 0.1) is 25.5 Å². The lowest BCUT2D eigenvalue weighted by Gasteiger charge is -2.23. The van der Waals surface area contributed by atoms with Crippen LogP contribution in [-0.4, -0.2) is 41.2 Å². The fourth-order valence-electron chi connectivity index (χ4n) is 2.80. The van der Waals surface area contributed by atoms with Gasteiger partial charge in [-0.15, -0.1) is 0 Å². The standard InChI is InChI=1S/C18H19FN2O5/c1-18(12-4-6-13(19)7-5-12)16(23)21(17(24)20-18)9-14(22)10-25-11-15-3-2-8-26-15/h2-8,14,22H,9-11H2,1H3,(H,20,24)/t14-,18-/m1/s1. The van der Waals surface area contributed by atoms with Crippen molar-refractivity contribution < 1.29 is 28.2 Å². The summed E-state index contributed by atoms with van der Waals surface area (Å²) in [5.41, 5.74) is -0.845. The molecule has 1 aliphatic heterocycles. The second-order valence-electron chi connectivity index (χ2n) is 6.23. The summed E-state index contributed by atoms with van der Waals surface area (Å²) in [4.78, 5) is 25.8. The number of β-amino-alcohol motifs (C(OH)–C–C–N with tert-alkyl or cyclic N) is 1. The molecule has 26 heavy (non-hydrogen) atoms. The van der Waals surface area contributed by atoms with Crippen molar-refractivity contribution in [1.29, 1.82) is 0 Å². The highest BCUT2D eigenvalue weighted by Gasteiger charge is 2.49. The Balaban J connectivity index is 1.60. The molecule has 3 rings (SSSR count). The lowest BCUT2D eigenvalue weighted by Crippen LogP contribution is -2.42. The Morgan fingerprint density at radius 1 is 1.31 bits per heavy atom. The Morgan fingerprint density at radius 3 is 2.69 bits per heavy atom. The molecule has 8 heteroatoms. The minimum Gasteiger partial charge on any atom is -0.467 e. The van der Waals surface area contributed by atoms with Gasteiger partial charge in [0.2, 0.25) is 0 Å². The summed E-state index contributed by atoms with van der Waals surface area (Å²) in [5.74, 6) is -0.342. The van der Waals surface area contributed by atoms with E-state index < -0.39 is 29.4 Å². The number of benzene rings is 1. The Hall–Kier alpha value is -2.71. The van der Waals surface area contributed by atoms with Crippen LogP contribution in [0.15, 0.2) is 47.1 Å². The number of hydrogen-bond donors (Lipinski definition) is 2. The number of rotatable bonds is 7. The molecule has 2 heterocycles. The number of hydrogen-bond acceptors (Lipinski definition) is 5. The summed E-state index contributed by atoms with van der Waals surface area (Å²) in [6, 6.07) is 8.17. The van der Waals surface area contributed by atoms with E-state index >= 15 is 0 Å². The van der Waals surface area contributed by atoms with Gasteiger partial charge in [0, 0.05) is 0 Å². The molecule has 7 nitrogen and oxygen atoms in total. The Bertz CT molecular complexity index is 777. The molecule has 1 aromatic carbocycles. The van der Waals surface area contributed by atoms with Gasteiger partial charge in [-0.3, -0.25) is 9.69 Å². The van der Waals surface area contributed by atoms with E-state index in [4.69, 9.17) is 9.15 Å². The van der Waals surface area contributed by atoms with Gasteiger partial charge in [-0.2, -0.15) is 0 Å². The summed E-state index contributed by atoms with van der Waals surface area (Å²) in [7, 11) is 0. The van der Waals surface area contributed by atoms with Crippen LogP contribution in [0.3, 0.4) is 0 Å². The summed E-state index contributed by atoms with van der Waals surface area (Å²) < 4.78 is 23.5. The highest BCUT2D eigenvalue weighted by atomic mass is 19.1. The minimum atomic E-state index is -1.31. The molecule has 1 fully saturated rings. The van der Waals surface area contributed by atoms with E-state index in [0.29, 0.717) is 11.3 Å². The van der Waals surface area contributed by atoms with Crippen LogP contribution in [0.25, 0.3) is 0 Å². The molecule has 0 bridgehead atoms. The second kappa shape index (κ2) is 7.27. The first-order chi connectivity index (χ1) is 12.4. The minimum absolute atomic E-state index is 0.0645. The van der Waals surface area contributed by atoms with Gasteiger partial charge >= 0.3 is 6.03 Å². The molecule has 1 saturated heterocycles. The third-order valence-corrected chi connectivity index (χ3v) is 4.22. The maximum absolute atomic E-state index is 13.1. The molecule has 2 aromatic rings. The van der Waals surface area contributed by atoms with Gasteiger partial charge in [-0.25, -0.2) is 9.18 Å². The number of imide groups is 1. The number of nitrogens with zero attached hydrogens (tertiary/aromatic N) is 1. The quantitative estimate of drug-likeness (QED) is 0.733. The highest BCUT2D eigenvalue weighted by molar-refractivity contribution is 6.07. The zero-order chi connectivity index (χ0) is 18.7. The summed E-state index contributed by atoms with van der Waals surface area (Å²) >= 11 is 0. The van der Waals surface area contributed by atoms with Crippen LogP contribution in [0.5, 0.6) is 0 Å². The van der Waals surface area contributed by atoms with E-state index in [-0.39, 0.29) is 19.8 Å². The maximum Gasteiger partial charge on any atom is 0.325 e. The average Bonchev–Trinajstić information content (AvgIpc) is 3.19. The fourth-order valence-corrected chi connectivity index (χ4v) is 2.80. The summed E-state index contributed by atoms with van der Waals surface area (Å²) in [6.07, 6.45) is 0.466. The third-order valence-electron chi connectivity index (χ3n) is 4.22. The summed E-state index contributed by atoms with van der Waals surface area (Å²) in [6.45, 7) is 1.45. The van der Waals surface area contributed by atoms with Crippen molar-refractivity contribution in [3.63, 3.8) is 0 Å². The second-order valence-corrected chi connectivity index (χ2v) is 6.23. The molecule has 2 N–H and O–H groups in total. The Labute approximate surface area is 149 Å². The SMILES string of the molecule is C[C@]1(c2ccc(F)cc2)NC(=O)N(C[C@@H](O)COCc2ccco2)C1=O. The van der Waals surface area contributed by atoms with Gasteiger partial charge in [-0.05, 0) is 36.8 Å². The van der Waals surface area contributed by atoms with Gasteiger partial charge in [-0.1, -0.05) is 12.1 Å². The van der Waals surface area contributed by atoms with Crippen LogP contribution >= 0.6 is 0 Å². The molecule has 2 atom stereocenters. The molecule has 1 aromatic heterocycles. The van der Waals surface area contributed by atoms with E-state index in [9.17, 15) is 19.1 Å². The predicted molar refractivity (Wildman–Crippen MR) is 88.4 cm³/mol. The van der Waals surface area contributed by atoms with Crippen molar-refractivity contribution in [3.8, 4) is 0 Å². The van der Waals surface area contributed by atoms with Crippen LogP contribution in [0.2, 0.25) is 0 Å². The van der Waals surface area contributed by atoms with Crippen molar-refractivity contribution in [2.24, 2.45) is 0 Å². The molecule has 0 saturated carbocycles. The predicted octanol–water partition coefficient (Wildman–Crippen LogP) is 1.76. The fraction of sp³-hybridized carbons (Fsp3) is 0.333. The molecule has 0 aliphatic carbocycles. The van der Waals surface area contributed by atoms with Gasteiger partial charge in [0.25, 0.3) is 5.91 Å². The van der Waals surface area contributed by atoms with E-state index in [0.717, 1.165) is 4.90 Å². The van der Waals surface area contributed by atoms with Crippen molar-refractivity contribution in [1.82, 2.24) is 10.2 Å². The highest BCUT2D eigenvalue weighted by Crippen LogP contribution is 2.29. The number of aliphatic hydroxyl groups is 1. The number of carbonyl (C=O) groups is 2. The molecule has 0 radical (unpaired) electrons. The molecule has 138 valence electrons. The van der Waals surface area contributed by atoms with E-state index in [2.05, 4.69) is 5.32 Å². The average molecular weight is 362 g/mol. The van der Waals surface area contributed by atoms with Crippen LogP contribution in [0.1, 0.15) is 18.2 Å². The first kappa shape index (κ1) is 18.1. The van der Waals surface area contributed by atoms with Crippen LogP contribution in [0, 0.1) is 5.82 Å². The van der Waals surface area contributed by atoms with E-state index in [1.165, 1.54) is 30.5 Å². The van der Waals surface area contributed by atoms with Crippen molar-refractivity contribution >= 4 is 11.9 Å². The number of carbonyl (C=O) groups excluding carboxylic acids is 2. The van der Waals surface area contributed by atoms with Gasteiger partial charge in [0.1, 0.15) is 23.7 Å². The number of amides is 3. The third kappa shape index (κ3) is 3.61. The largest absolute Gasteiger partial charge is 0.467 e. The molecular formula is C18H19FN2O5. The zero-order valence-electron chi connectivity index (χ0n) is 14.1. The first-order valence-electron chi connectivity index (χ1n) is 8.08.